The van der Waals surface area contributed by atoms with Gasteiger partial charge in [0, 0.05) is 41.8 Å². The fraction of sp³-hybridized carbons (Fsp3) is 0.385. The van der Waals surface area contributed by atoms with Gasteiger partial charge in [-0.15, -0.1) is 0 Å². The van der Waals surface area contributed by atoms with Crippen LogP contribution in [0.1, 0.15) is 42.9 Å². The Bertz CT molecular complexity index is 1120. The summed E-state index contributed by atoms with van der Waals surface area (Å²) in [4.78, 5) is 14.0. The van der Waals surface area contributed by atoms with Crippen molar-refractivity contribution in [3.05, 3.63) is 65.8 Å². The van der Waals surface area contributed by atoms with Gasteiger partial charge in [0.1, 0.15) is 17.8 Å². The van der Waals surface area contributed by atoms with E-state index in [0.717, 1.165) is 73.6 Å². The zero-order valence-corrected chi connectivity index (χ0v) is 18.6. The first-order valence-electron chi connectivity index (χ1n) is 11.6. The van der Waals surface area contributed by atoms with Gasteiger partial charge in [-0.1, -0.05) is 29.4 Å². The van der Waals surface area contributed by atoms with Crippen molar-refractivity contribution in [2.75, 3.05) is 31.6 Å². The van der Waals surface area contributed by atoms with Gasteiger partial charge in [-0.3, -0.25) is 4.79 Å². The quantitative estimate of drug-likeness (QED) is 0.514. The predicted molar refractivity (Wildman–Crippen MR) is 124 cm³/mol. The smallest absolute Gasteiger partial charge is 0.224 e. The van der Waals surface area contributed by atoms with Gasteiger partial charge in [0.25, 0.3) is 0 Å². The van der Waals surface area contributed by atoms with Crippen LogP contribution < -0.4 is 10.1 Å². The molecule has 1 N–H and O–H groups in total. The number of hydrogen-bond acceptors (Lipinski definition) is 5. The lowest BCUT2D eigenvalue weighted by molar-refractivity contribution is -0.116. The van der Waals surface area contributed by atoms with Crippen LogP contribution in [0.3, 0.4) is 0 Å². The molecule has 3 heterocycles. The lowest BCUT2D eigenvalue weighted by Gasteiger charge is -2.31. The third-order valence-corrected chi connectivity index (χ3v) is 6.60. The molecule has 7 heteroatoms. The molecule has 5 rings (SSSR count). The standard InChI is InChI=1S/C26H28FN3O3/c27-23-5-2-1-4-21(23)22-17-33-29-26(22)19-10-13-30(14-11-19)12-3-15-32-20-8-6-18-7-9-25(31)28-24(18)16-20/h1-2,4-6,8,16-17,19H,3,7,9-15H2,(H,28,31). The van der Waals surface area contributed by atoms with E-state index in [-0.39, 0.29) is 17.6 Å². The molecule has 2 aliphatic heterocycles. The molecule has 2 aliphatic rings. The van der Waals surface area contributed by atoms with E-state index in [0.29, 0.717) is 18.6 Å². The average Bonchev–Trinajstić information content (AvgIpc) is 3.32. The van der Waals surface area contributed by atoms with Crippen molar-refractivity contribution in [3.63, 3.8) is 0 Å². The molecule has 0 spiro atoms. The Kier molecular flexibility index (Phi) is 6.39. The van der Waals surface area contributed by atoms with E-state index in [1.54, 1.807) is 18.4 Å². The first-order valence-corrected chi connectivity index (χ1v) is 11.6. The molecular weight excluding hydrogens is 421 g/mol. The second kappa shape index (κ2) is 9.75. The summed E-state index contributed by atoms with van der Waals surface area (Å²) in [6, 6.07) is 12.7. The molecule has 0 unspecified atom stereocenters. The number of fused-ring (bicyclic) bond motifs is 1. The molecule has 0 radical (unpaired) electrons. The molecule has 0 atom stereocenters. The first kappa shape index (κ1) is 21.6. The number of likely N-dealkylation sites (tertiary alicyclic amines) is 1. The molecule has 0 saturated carbocycles. The number of ether oxygens (including phenoxy) is 1. The summed E-state index contributed by atoms with van der Waals surface area (Å²) >= 11 is 0. The number of nitrogens with zero attached hydrogens (tertiary/aromatic N) is 2. The van der Waals surface area contributed by atoms with Gasteiger partial charge >= 0.3 is 0 Å². The minimum absolute atomic E-state index is 0.0645. The Morgan fingerprint density at radius 3 is 2.82 bits per heavy atom. The molecule has 6 nitrogen and oxygen atoms in total. The summed E-state index contributed by atoms with van der Waals surface area (Å²) in [5.74, 6) is 0.883. The van der Waals surface area contributed by atoms with Gasteiger partial charge in [-0.2, -0.15) is 0 Å². The topological polar surface area (TPSA) is 67.6 Å². The van der Waals surface area contributed by atoms with Crippen molar-refractivity contribution in [3.8, 4) is 16.9 Å². The number of anilines is 1. The maximum atomic E-state index is 14.3. The lowest BCUT2D eigenvalue weighted by Crippen LogP contribution is -2.34. The molecule has 0 bridgehead atoms. The molecule has 33 heavy (non-hydrogen) atoms. The van der Waals surface area contributed by atoms with E-state index in [4.69, 9.17) is 9.26 Å². The highest BCUT2D eigenvalue weighted by atomic mass is 19.1. The highest BCUT2D eigenvalue weighted by Crippen LogP contribution is 2.35. The zero-order chi connectivity index (χ0) is 22.6. The molecule has 3 aromatic rings. The molecule has 1 amide bonds. The van der Waals surface area contributed by atoms with Gasteiger partial charge in [0.15, 0.2) is 0 Å². The molecular formula is C26H28FN3O3. The molecule has 1 fully saturated rings. The van der Waals surface area contributed by atoms with Crippen LogP contribution >= 0.6 is 0 Å². The first-order chi connectivity index (χ1) is 16.2. The summed E-state index contributed by atoms with van der Waals surface area (Å²) in [5, 5.41) is 7.14. The summed E-state index contributed by atoms with van der Waals surface area (Å²) in [7, 11) is 0. The predicted octanol–water partition coefficient (Wildman–Crippen LogP) is 5.01. The van der Waals surface area contributed by atoms with Crippen molar-refractivity contribution in [1.82, 2.24) is 10.1 Å². The third-order valence-electron chi connectivity index (χ3n) is 6.60. The monoisotopic (exact) mass is 449 g/mol. The zero-order valence-electron chi connectivity index (χ0n) is 18.6. The maximum absolute atomic E-state index is 14.3. The molecule has 172 valence electrons. The van der Waals surface area contributed by atoms with E-state index in [9.17, 15) is 9.18 Å². The normalized spacial score (nSPS) is 16.9. The lowest BCUT2D eigenvalue weighted by atomic mass is 9.89. The summed E-state index contributed by atoms with van der Waals surface area (Å²) in [5.41, 5.74) is 4.21. The Hall–Kier alpha value is -3.19. The van der Waals surface area contributed by atoms with Crippen molar-refractivity contribution in [1.29, 1.82) is 0 Å². The second-order valence-electron chi connectivity index (χ2n) is 8.78. The Morgan fingerprint density at radius 2 is 1.97 bits per heavy atom. The Labute approximate surface area is 192 Å². The van der Waals surface area contributed by atoms with Crippen molar-refractivity contribution < 1.29 is 18.4 Å². The largest absolute Gasteiger partial charge is 0.493 e. The van der Waals surface area contributed by atoms with Gasteiger partial charge < -0.3 is 19.5 Å². The molecule has 0 aliphatic carbocycles. The maximum Gasteiger partial charge on any atom is 0.224 e. The van der Waals surface area contributed by atoms with Gasteiger partial charge in [0.2, 0.25) is 5.91 Å². The number of carbonyl (C=O) groups is 1. The number of hydrogen-bond donors (Lipinski definition) is 1. The number of aromatic nitrogens is 1. The van der Waals surface area contributed by atoms with Crippen LogP contribution in [0.2, 0.25) is 0 Å². The van der Waals surface area contributed by atoms with Crippen LogP contribution in [-0.4, -0.2) is 42.2 Å². The number of halogens is 1. The van der Waals surface area contributed by atoms with E-state index in [2.05, 4.69) is 15.4 Å². The van der Waals surface area contributed by atoms with Crippen LogP contribution in [0.4, 0.5) is 10.1 Å². The van der Waals surface area contributed by atoms with E-state index in [1.807, 2.05) is 24.3 Å². The highest BCUT2D eigenvalue weighted by molar-refractivity contribution is 5.94. The van der Waals surface area contributed by atoms with Crippen LogP contribution in [0, 0.1) is 5.82 Å². The summed E-state index contributed by atoms with van der Waals surface area (Å²) < 4.78 is 25.4. The number of carbonyl (C=O) groups excluding carboxylic acids is 1. The van der Waals surface area contributed by atoms with E-state index in [1.165, 1.54) is 6.07 Å². The van der Waals surface area contributed by atoms with E-state index >= 15 is 0 Å². The van der Waals surface area contributed by atoms with Crippen LogP contribution in [0.5, 0.6) is 5.75 Å². The second-order valence-corrected chi connectivity index (χ2v) is 8.78. The van der Waals surface area contributed by atoms with Crippen molar-refractivity contribution in [2.45, 2.75) is 38.0 Å². The number of rotatable bonds is 7. The average molecular weight is 450 g/mol. The fourth-order valence-corrected chi connectivity index (χ4v) is 4.77. The Balaban J connectivity index is 1.09. The molecule has 1 aromatic heterocycles. The number of amides is 1. The third kappa shape index (κ3) is 4.93. The van der Waals surface area contributed by atoms with Crippen molar-refractivity contribution in [2.24, 2.45) is 0 Å². The van der Waals surface area contributed by atoms with Crippen LogP contribution in [0.15, 0.2) is 53.3 Å². The number of nitrogens with one attached hydrogen (secondary N) is 1. The molecule has 1 saturated heterocycles. The van der Waals surface area contributed by atoms with Gasteiger partial charge in [-0.05, 0) is 56.5 Å². The molecule has 2 aromatic carbocycles. The van der Waals surface area contributed by atoms with Gasteiger partial charge in [-0.25, -0.2) is 4.39 Å². The minimum Gasteiger partial charge on any atom is -0.493 e. The van der Waals surface area contributed by atoms with Crippen molar-refractivity contribution >= 4 is 11.6 Å². The highest BCUT2D eigenvalue weighted by Gasteiger charge is 2.26. The van der Waals surface area contributed by atoms with Gasteiger partial charge in [0.05, 0.1) is 12.3 Å². The summed E-state index contributed by atoms with van der Waals surface area (Å²) in [6.07, 6.45) is 5.76. The number of benzene rings is 2. The fourth-order valence-electron chi connectivity index (χ4n) is 4.77. The SMILES string of the molecule is O=C1CCc2ccc(OCCCN3CCC(c4nocc4-c4ccccc4F)CC3)cc2N1. The van der Waals surface area contributed by atoms with E-state index < -0.39 is 0 Å². The number of aryl methyl sites for hydroxylation is 1. The minimum atomic E-state index is -0.249. The number of piperidine rings is 1. The Morgan fingerprint density at radius 1 is 1.12 bits per heavy atom. The summed E-state index contributed by atoms with van der Waals surface area (Å²) in [6.45, 7) is 3.54. The van der Waals surface area contributed by atoms with Crippen LogP contribution in [0.25, 0.3) is 11.1 Å². The van der Waals surface area contributed by atoms with Crippen LogP contribution in [-0.2, 0) is 11.2 Å².